The number of aromatic nitrogens is 4. The van der Waals surface area contributed by atoms with Gasteiger partial charge in [0.15, 0.2) is 0 Å². The maximum Gasteiger partial charge on any atom is 0.268 e. The molecule has 1 aliphatic heterocycles. The van der Waals surface area contributed by atoms with Crippen LogP contribution in [0.3, 0.4) is 0 Å². The summed E-state index contributed by atoms with van der Waals surface area (Å²) in [5, 5.41) is 18.6. The maximum absolute atomic E-state index is 13.0. The van der Waals surface area contributed by atoms with Gasteiger partial charge in [-0.3, -0.25) is 20.0 Å². The Bertz CT molecular complexity index is 1350. The predicted octanol–water partition coefficient (Wildman–Crippen LogP) is 3.64. The van der Waals surface area contributed by atoms with E-state index in [1.807, 2.05) is 41.0 Å². The van der Waals surface area contributed by atoms with Gasteiger partial charge in [-0.25, -0.2) is 4.98 Å². The largest absolute Gasteiger partial charge is 0.337 e. The van der Waals surface area contributed by atoms with Crippen LogP contribution >= 0.6 is 11.3 Å². The summed E-state index contributed by atoms with van der Waals surface area (Å²) < 4.78 is 1.96. The number of rotatable bonds is 6. The molecule has 166 valence electrons. The minimum atomic E-state index is -0.241. The third-order valence-corrected chi connectivity index (χ3v) is 6.95. The molecule has 1 saturated heterocycles. The van der Waals surface area contributed by atoms with Crippen molar-refractivity contribution in [1.29, 1.82) is 5.26 Å². The van der Waals surface area contributed by atoms with E-state index in [2.05, 4.69) is 20.5 Å². The lowest BCUT2D eigenvalue weighted by atomic mass is 10.2. The highest BCUT2D eigenvalue weighted by Gasteiger charge is 2.30. The van der Waals surface area contributed by atoms with Gasteiger partial charge in [0.2, 0.25) is 11.9 Å². The lowest BCUT2D eigenvalue weighted by molar-refractivity contribution is -0.131. The second-order valence-electron chi connectivity index (χ2n) is 7.86. The number of H-pyrrole nitrogens is 1. The van der Waals surface area contributed by atoms with Gasteiger partial charge in [-0.05, 0) is 37.1 Å². The Morgan fingerprint density at radius 3 is 2.97 bits per heavy atom. The molecule has 2 N–H and O–H groups in total. The molecule has 5 rings (SSSR count). The average molecular weight is 460 g/mol. The molecule has 0 radical (unpaired) electrons. The zero-order valence-electron chi connectivity index (χ0n) is 17.7. The van der Waals surface area contributed by atoms with Crippen LogP contribution in [0, 0.1) is 11.3 Å². The normalized spacial score (nSPS) is 15.6. The molecule has 1 atom stereocenters. The number of imidazole rings is 1. The minimum absolute atomic E-state index is 0.0476. The first-order valence-corrected chi connectivity index (χ1v) is 11.5. The topological polar surface area (TPSA) is 120 Å². The standard InChI is InChI=1S/C23H21N7O2S/c24-10-9-21(31)29-11-3-4-16(29)14-30-18-6-2-1-5-17(18)27-23(30)28-22(32)20-8-7-19(33-20)15-12-25-26-13-15/h1-2,5-8,12-13,16H,3-4,9,11,14H2,(H,25,26)(H,27,28,32)/t16-/m0/s1. The first-order valence-electron chi connectivity index (χ1n) is 10.7. The summed E-state index contributed by atoms with van der Waals surface area (Å²) in [6.45, 7) is 1.14. The number of carbonyl (C=O) groups excluding carboxylic acids is 2. The molecule has 0 unspecified atom stereocenters. The van der Waals surface area contributed by atoms with Gasteiger partial charge in [-0.2, -0.15) is 10.4 Å². The number of likely N-dealkylation sites (tertiary alicyclic amines) is 1. The molecule has 3 aromatic heterocycles. The van der Waals surface area contributed by atoms with E-state index in [1.165, 1.54) is 11.3 Å². The van der Waals surface area contributed by atoms with Crippen molar-refractivity contribution in [1.82, 2.24) is 24.6 Å². The van der Waals surface area contributed by atoms with Crippen molar-refractivity contribution in [2.75, 3.05) is 11.9 Å². The van der Waals surface area contributed by atoms with E-state index in [0.29, 0.717) is 23.9 Å². The Labute approximate surface area is 193 Å². The Morgan fingerprint density at radius 1 is 1.27 bits per heavy atom. The summed E-state index contributed by atoms with van der Waals surface area (Å²) in [5.41, 5.74) is 2.58. The summed E-state index contributed by atoms with van der Waals surface area (Å²) >= 11 is 1.38. The molecule has 4 heterocycles. The molecule has 1 aromatic carbocycles. The Morgan fingerprint density at radius 2 is 2.15 bits per heavy atom. The van der Waals surface area contributed by atoms with Crippen LogP contribution in [0.25, 0.3) is 21.5 Å². The van der Waals surface area contributed by atoms with Gasteiger partial charge in [0.1, 0.15) is 6.42 Å². The van der Waals surface area contributed by atoms with Gasteiger partial charge < -0.3 is 9.47 Å². The number of aromatic amines is 1. The molecule has 1 aliphatic rings. The average Bonchev–Trinajstić information content (AvgIpc) is 3.61. The fraction of sp³-hybridized carbons (Fsp3) is 0.261. The van der Waals surface area contributed by atoms with Crippen molar-refractivity contribution < 1.29 is 9.59 Å². The summed E-state index contributed by atoms with van der Waals surface area (Å²) in [6, 6.07) is 13.3. The van der Waals surface area contributed by atoms with Gasteiger partial charge >= 0.3 is 0 Å². The number of thiophene rings is 1. The van der Waals surface area contributed by atoms with E-state index >= 15 is 0 Å². The maximum atomic E-state index is 13.0. The van der Waals surface area contributed by atoms with Gasteiger partial charge in [0.25, 0.3) is 5.91 Å². The number of anilines is 1. The van der Waals surface area contributed by atoms with E-state index in [-0.39, 0.29) is 24.3 Å². The number of nitriles is 1. The number of nitrogens with zero attached hydrogens (tertiary/aromatic N) is 5. The molecular weight excluding hydrogens is 438 g/mol. The second-order valence-corrected chi connectivity index (χ2v) is 8.94. The van der Waals surface area contributed by atoms with E-state index < -0.39 is 0 Å². The van der Waals surface area contributed by atoms with Crippen LogP contribution in [-0.4, -0.2) is 49.0 Å². The number of benzene rings is 1. The highest BCUT2D eigenvalue weighted by Crippen LogP contribution is 2.29. The summed E-state index contributed by atoms with van der Waals surface area (Å²) in [5.74, 6) is 0.0505. The number of hydrogen-bond donors (Lipinski definition) is 2. The van der Waals surface area contributed by atoms with E-state index in [4.69, 9.17) is 5.26 Å². The third kappa shape index (κ3) is 4.10. The lowest BCUT2D eigenvalue weighted by Crippen LogP contribution is -2.38. The molecule has 0 aliphatic carbocycles. The van der Waals surface area contributed by atoms with Crippen LogP contribution in [0.5, 0.6) is 0 Å². The Balaban J connectivity index is 1.42. The van der Waals surface area contributed by atoms with Crippen molar-refractivity contribution in [3.63, 3.8) is 0 Å². The van der Waals surface area contributed by atoms with Gasteiger partial charge in [0.05, 0.1) is 28.2 Å². The number of fused-ring (bicyclic) bond motifs is 1. The zero-order valence-corrected chi connectivity index (χ0v) is 18.5. The molecule has 2 amide bonds. The van der Waals surface area contributed by atoms with Crippen molar-refractivity contribution >= 4 is 40.1 Å². The molecule has 33 heavy (non-hydrogen) atoms. The number of nitrogens with one attached hydrogen (secondary N) is 2. The van der Waals surface area contributed by atoms with E-state index in [9.17, 15) is 9.59 Å². The van der Waals surface area contributed by atoms with Crippen molar-refractivity contribution in [3.8, 4) is 16.5 Å². The smallest absolute Gasteiger partial charge is 0.268 e. The quantitative estimate of drug-likeness (QED) is 0.456. The second kappa shape index (κ2) is 8.88. The molecular formula is C23H21N7O2S. The number of carbonyl (C=O) groups is 2. The van der Waals surface area contributed by atoms with Crippen molar-refractivity contribution in [2.45, 2.75) is 31.8 Å². The fourth-order valence-electron chi connectivity index (χ4n) is 4.25. The summed E-state index contributed by atoms with van der Waals surface area (Å²) in [4.78, 5) is 33.4. The SMILES string of the molecule is N#CCC(=O)N1CCC[C@H]1Cn1c(NC(=O)c2ccc(-c3cn[nH]c3)s2)nc2ccccc21. The van der Waals surface area contributed by atoms with Crippen LogP contribution in [0.2, 0.25) is 0 Å². The summed E-state index contributed by atoms with van der Waals surface area (Å²) in [7, 11) is 0. The summed E-state index contributed by atoms with van der Waals surface area (Å²) in [6.07, 6.45) is 5.11. The lowest BCUT2D eigenvalue weighted by Gasteiger charge is -2.25. The Kier molecular flexibility index (Phi) is 5.62. The highest BCUT2D eigenvalue weighted by atomic mass is 32.1. The molecule has 4 aromatic rings. The fourth-order valence-corrected chi connectivity index (χ4v) is 5.14. The van der Waals surface area contributed by atoms with Crippen LogP contribution in [0.15, 0.2) is 48.8 Å². The number of para-hydroxylation sites is 2. The molecule has 10 heteroatoms. The van der Waals surface area contributed by atoms with E-state index in [0.717, 1.165) is 34.3 Å². The molecule has 0 spiro atoms. The van der Waals surface area contributed by atoms with Gasteiger partial charge in [-0.1, -0.05) is 12.1 Å². The van der Waals surface area contributed by atoms with Gasteiger partial charge in [-0.15, -0.1) is 11.3 Å². The van der Waals surface area contributed by atoms with Crippen LogP contribution in [0.4, 0.5) is 5.95 Å². The zero-order chi connectivity index (χ0) is 22.8. The van der Waals surface area contributed by atoms with Crippen molar-refractivity contribution in [3.05, 3.63) is 53.7 Å². The van der Waals surface area contributed by atoms with Crippen LogP contribution in [0.1, 0.15) is 28.9 Å². The number of hydrogen-bond acceptors (Lipinski definition) is 6. The number of amides is 2. The minimum Gasteiger partial charge on any atom is -0.337 e. The first-order chi connectivity index (χ1) is 16.1. The van der Waals surface area contributed by atoms with Gasteiger partial charge in [0, 0.05) is 35.8 Å². The Hall–Kier alpha value is -3.97. The highest BCUT2D eigenvalue weighted by molar-refractivity contribution is 7.17. The first kappa shape index (κ1) is 20.9. The molecule has 9 nitrogen and oxygen atoms in total. The molecule has 1 fully saturated rings. The van der Waals surface area contributed by atoms with Crippen LogP contribution in [-0.2, 0) is 11.3 Å². The van der Waals surface area contributed by atoms with Crippen LogP contribution < -0.4 is 5.32 Å². The predicted molar refractivity (Wildman–Crippen MR) is 125 cm³/mol. The van der Waals surface area contributed by atoms with Crippen molar-refractivity contribution in [2.24, 2.45) is 0 Å². The third-order valence-electron chi connectivity index (χ3n) is 5.81. The van der Waals surface area contributed by atoms with E-state index in [1.54, 1.807) is 23.4 Å². The monoisotopic (exact) mass is 459 g/mol. The molecule has 0 bridgehead atoms. The molecule has 0 saturated carbocycles.